The number of carbonyl (C=O) groups is 1. The van der Waals surface area contributed by atoms with E-state index in [1.54, 1.807) is 4.57 Å². The summed E-state index contributed by atoms with van der Waals surface area (Å²) in [6, 6.07) is 13.3. The third-order valence-electron chi connectivity index (χ3n) is 2.96. The molecule has 0 atom stereocenters. The molecule has 4 nitrogen and oxygen atoms in total. The van der Waals surface area contributed by atoms with E-state index >= 15 is 0 Å². The van der Waals surface area contributed by atoms with Crippen LogP contribution in [0.25, 0.3) is 0 Å². The second kappa shape index (κ2) is 5.40. The third-order valence-corrected chi connectivity index (χ3v) is 2.96. The molecule has 1 heterocycles. The topological polar surface area (TPSA) is 57.8 Å². The number of nitrogens with one attached hydrogen (secondary N) is 1. The molecule has 0 aliphatic heterocycles. The van der Waals surface area contributed by atoms with Gasteiger partial charge >= 0.3 is 0 Å². The van der Waals surface area contributed by atoms with Gasteiger partial charge < -0.3 is 9.88 Å². The Hall–Kier alpha value is -2.54. The Bertz CT molecular complexity index is 635. The first kappa shape index (κ1) is 12.9. The number of hydrogen-bond donors (Lipinski definition) is 1. The Kier molecular flexibility index (Phi) is 3.67. The summed E-state index contributed by atoms with van der Waals surface area (Å²) >= 11 is 0. The van der Waals surface area contributed by atoms with Crippen LogP contribution < -0.4 is 5.32 Å². The number of para-hydroxylation sites is 1. The van der Waals surface area contributed by atoms with E-state index in [0.717, 1.165) is 16.9 Å². The van der Waals surface area contributed by atoms with Gasteiger partial charge in [0.25, 0.3) is 0 Å². The predicted octanol–water partition coefficient (Wildman–Crippen LogP) is 2.62. The van der Waals surface area contributed by atoms with E-state index < -0.39 is 0 Å². The predicted molar refractivity (Wildman–Crippen MR) is 73.7 cm³/mol. The fraction of sp³-hybridized carbons (Fsp3) is 0.200. The zero-order chi connectivity index (χ0) is 13.8. The molecule has 1 amide bonds. The lowest BCUT2D eigenvalue weighted by Gasteiger charge is -2.09. The van der Waals surface area contributed by atoms with Gasteiger partial charge in [0.2, 0.25) is 5.91 Å². The van der Waals surface area contributed by atoms with Gasteiger partial charge in [-0.05, 0) is 37.6 Å². The second-order valence-electron chi connectivity index (χ2n) is 4.43. The van der Waals surface area contributed by atoms with Crippen molar-refractivity contribution >= 4 is 11.6 Å². The summed E-state index contributed by atoms with van der Waals surface area (Å²) in [4.78, 5) is 12.0. The molecule has 0 fully saturated rings. The SMILES string of the molecule is Cc1cc(C)n(CC(=O)Nc2ccccc2)c1C#N. The maximum absolute atomic E-state index is 12.0. The maximum Gasteiger partial charge on any atom is 0.244 e. The van der Waals surface area contributed by atoms with Crippen LogP contribution in [0.3, 0.4) is 0 Å². The summed E-state index contributed by atoms with van der Waals surface area (Å²) in [5.74, 6) is -0.138. The largest absolute Gasteiger partial charge is 0.327 e. The minimum absolute atomic E-state index is 0.138. The monoisotopic (exact) mass is 253 g/mol. The van der Waals surface area contributed by atoms with E-state index in [1.165, 1.54) is 0 Å². The second-order valence-corrected chi connectivity index (χ2v) is 4.43. The smallest absolute Gasteiger partial charge is 0.244 e. The van der Waals surface area contributed by atoms with Crippen molar-refractivity contribution < 1.29 is 4.79 Å². The van der Waals surface area contributed by atoms with Crippen LogP contribution in [0.4, 0.5) is 5.69 Å². The average Bonchev–Trinajstić information content (AvgIpc) is 2.65. The number of nitriles is 1. The van der Waals surface area contributed by atoms with Crippen molar-refractivity contribution in [1.82, 2.24) is 4.57 Å². The Labute approximate surface area is 112 Å². The van der Waals surface area contributed by atoms with Crippen LogP contribution in [-0.2, 0) is 11.3 Å². The summed E-state index contributed by atoms with van der Waals surface area (Å²) in [5, 5.41) is 11.9. The maximum atomic E-state index is 12.0. The molecular weight excluding hydrogens is 238 g/mol. The van der Waals surface area contributed by atoms with Crippen LogP contribution in [0.5, 0.6) is 0 Å². The number of hydrogen-bond acceptors (Lipinski definition) is 2. The van der Waals surface area contributed by atoms with Crippen LogP contribution in [0.15, 0.2) is 36.4 Å². The summed E-state index contributed by atoms with van der Waals surface area (Å²) in [6.07, 6.45) is 0. The third kappa shape index (κ3) is 2.83. The lowest BCUT2D eigenvalue weighted by atomic mass is 10.3. The van der Waals surface area contributed by atoms with Crippen molar-refractivity contribution in [3.8, 4) is 6.07 Å². The van der Waals surface area contributed by atoms with Crippen molar-refractivity contribution in [3.05, 3.63) is 53.3 Å². The molecule has 2 rings (SSSR count). The Balaban J connectivity index is 2.14. The highest BCUT2D eigenvalue weighted by atomic mass is 16.1. The normalized spacial score (nSPS) is 9.95. The van der Waals surface area contributed by atoms with Gasteiger partial charge in [0.05, 0.1) is 0 Å². The molecule has 0 aliphatic rings. The highest BCUT2D eigenvalue weighted by Gasteiger charge is 2.12. The van der Waals surface area contributed by atoms with Crippen molar-refractivity contribution in [3.63, 3.8) is 0 Å². The summed E-state index contributed by atoms with van der Waals surface area (Å²) in [5.41, 5.74) is 3.11. The lowest BCUT2D eigenvalue weighted by Crippen LogP contribution is -2.20. The number of amides is 1. The van der Waals surface area contributed by atoms with E-state index in [4.69, 9.17) is 5.26 Å². The van der Waals surface area contributed by atoms with Crippen molar-refractivity contribution in [2.75, 3.05) is 5.32 Å². The fourth-order valence-corrected chi connectivity index (χ4v) is 2.07. The number of benzene rings is 1. The van der Waals surface area contributed by atoms with Crippen LogP contribution >= 0.6 is 0 Å². The van der Waals surface area contributed by atoms with Gasteiger partial charge in [0.1, 0.15) is 18.3 Å². The first-order valence-corrected chi connectivity index (χ1v) is 6.03. The molecule has 0 radical (unpaired) electrons. The molecule has 1 aromatic heterocycles. The molecule has 0 bridgehead atoms. The number of nitrogens with zero attached hydrogens (tertiary/aromatic N) is 2. The first-order valence-electron chi connectivity index (χ1n) is 6.03. The number of aryl methyl sites for hydroxylation is 2. The molecule has 0 aliphatic carbocycles. The van der Waals surface area contributed by atoms with Crippen molar-refractivity contribution in [2.45, 2.75) is 20.4 Å². The lowest BCUT2D eigenvalue weighted by molar-refractivity contribution is -0.116. The van der Waals surface area contributed by atoms with E-state index in [2.05, 4.69) is 11.4 Å². The quantitative estimate of drug-likeness (QED) is 0.914. The molecule has 0 unspecified atom stereocenters. The minimum atomic E-state index is -0.138. The van der Waals surface area contributed by atoms with Crippen LogP contribution in [0.1, 0.15) is 17.0 Å². The highest BCUT2D eigenvalue weighted by Crippen LogP contribution is 2.14. The van der Waals surface area contributed by atoms with Gasteiger partial charge in [-0.15, -0.1) is 0 Å². The number of aromatic nitrogens is 1. The summed E-state index contributed by atoms with van der Waals surface area (Å²) in [6.45, 7) is 3.91. The zero-order valence-corrected chi connectivity index (χ0v) is 11.0. The average molecular weight is 253 g/mol. The summed E-state index contributed by atoms with van der Waals surface area (Å²) < 4.78 is 1.73. The summed E-state index contributed by atoms with van der Waals surface area (Å²) in [7, 11) is 0. The van der Waals surface area contributed by atoms with Crippen LogP contribution in [-0.4, -0.2) is 10.5 Å². The molecule has 0 saturated carbocycles. The standard InChI is InChI=1S/C15H15N3O/c1-11-8-12(2)18(14(11)9-16)10-15(19)17-13-6-4-3-5-7-13/h3-8H,10H2,1-2H3,(H,17,19). The van der Waals surface area contributed by atoms with Gasteiger partial charge in [-0.3, -0.25) is 4.79 Å². The van der Waals surface area contributed by atoms with Crippen molar-refractivity contribution in [2.24, 2.45) is 0 Å². The minimum Gasteiger partial charge on any atom is -0.327 e. The number of anilines is 1. The van der Waals surface area contributed by atoms with Gasteiger partial charge in [-0.1, -0.05) is 18.2 Å². The van der Waals surface area contributed by atoms with Crippen LogP contribution in [0.2, 0.25) is 0 Å². The molecule has 0 saturated heterocycles. The Morgan fingerprint density at radius 1 is 1.32 bits per heavy atom. The molecular formula is C15H15N3O. The van der Waals surface area contributed by atoms with E-state index in [1.807, 2.05) is 50.2 Å². The van der Waals surface area contributed by atoms with Gasteiger partial charge in [-0.2, -0.15) is 5.26 Å². The van der Waals surface area contributed by atoms with E-state index in [0.29, 0.717) is 5.69 Å². The number of carbonyl (C=O) groups excluding carboxylic acids is 1. The molecule has 19 heavy (non-hydrogen) atoms. The molecule has 1 N–H and O–H groups in total. The first-order chi connectivity index (χ1) is 9.11. The van der Waals surface area contributed by atoms with E-state index in [-0.39, 0.29) is 12.5 Å². The van der Waals surface area contributed by atoms with E-state index in [9.17, 15) is 4.79 Å². The Morgan fingerprint density at radius 2 is 2.00 bits per heavy atom. The van der Waals surface area contributed by atoms with Gasteiger partial charge in [0, 0.05) is 11.4 Å². The zero-order valence-electron chi connectivity index (χ0n) is 11.0. The molecule has 0 spiro atoms. The Morgan fingerprint density at radius 3 is 2.63 bits per heavy atom. The fourth-order valence-electron chi connectivity index (χ4n) is 2.07. The van der Waals surface area contributed by atoms with Gasteiger partial charge in [0.15, 0.2) is 0 Å². The number of rotatable bonds is 3. The molecule has 4 heteroatoms. The molecule has 2 aromatic rings. The molecule has 96 valence electrons. The van der Waals surface area contributed by atoms with Crippen molar-refractivity contribution in [1.29, 1.82) is 5.26 Å². The molecule has 1 aromatic carbocycles. The van der Waals surface area contributed by atoms with Crippen LogP contribution in [0, 0.1) is 25.2 Å². The van der Waals surface area contributed by atoms with Gasteiger partial charge in [-0.25, -0.2) is 0 Å². The highest BCUT2D eigenvalue weighted by molar-refractivity contribution is 5.90.